The normalized spacial score (nSPS) is 12.3. The Morgan fingerprint density at radius 1 is 1.08 bits per heavy atom. The fourth-order valence-electron chi connectivity index (χ4n) is 1.95. The molecule has 134 valence electrons. The predicted octanol–water partition coefficient (Wildman–Crippen LogP) is 2.28. The van der Waals surface area contributed by atoms with E-state index in [0.29, 0.717) is 0 Å². The summed E-state index contributed by atoms with van der Waals surface area (Å²) in [5.41, 5.74) is -0.754. The third kappa shape index (κ3) is 4.44. The van der Waals surface area contributed by atoms with Crippen molar-refractivity contribution in [3.05, 3.63) is 54.1 Å². The van der Waals surface area contributed by atoms with Gasteiger partial charge in [-0.2, -0.15) is 0 Å². The molecule has 0 fully saturated rings. The number of carbonyl (C=O) groups is 1. The number of amides is 1. The van der Waals surface area contributed by atoms with Crippen LogP contribution < -0.4 is 14.8 Å². The van der Waals surface area contributed by atoms with Crippen molar-refractivity contribution in [1.82, 2.24) is 5.32 Å². The standard InChI is InChI=1S/C16H16F2N2O4S/c1-10(16(21)19-2)24-11-6-8-12(9-7-11)25(22,23)20-15-13(17)4-3-5-14(15)18/h3-10,20H,1-2H3,(H,19,21)/t10-/m0/s1. The number of para-hydroxylation sites is 1. The number of ether oxygens (including phenoxy) is 1. The van der Waals surface area contributed by atoms with Gasteiger partial charge in [0.15, 0.2) is 6.10 Å². The molecule has 1 atom stereocenters. The maximum Gasteiger partial charge on any atom is 0.262 e. The fourth-order valence-corrected chi connectivity index (χ4v) is 3.02. The van der Waals surface area contributed by atoms with Gasteiger partial charge >= 0.3 is 0 Å². The molecule has 6 nitrogen and oxygen atoms in total. The molecule has 0 saturated carbocycles. The van der Waals surface area contributed by atoms with Gasteiger partial charge in [-0.3, -0.25) is 9.52 Å². The molecule has 0 aliphatic carbocycles. The summed E-state index contributed by atoms with van der Waals surface area (Å²) in [6.45, 7) is 1.53. The topological polar surface area (TPSA) is 84.5 Å². The lowest BCUT2D eigenvalue weighted by Crippen LogP contribution is -2.33. The Labute approximate surface area is 143 Å². The van der Waals surface area contributed by atoms with E-state index in [1.54, 1.807) is 0 Å². The summed E-state index contributed by atoms with van der Waals surface area (Å²) in [7, 11) is -2.73. The van der Waals surface area contributed by atoms with Crippen molar-refractivity contribution in [3.63, 3.8) is 0 Å². The third-order valence-electron chi connectivity index (χ3n) is 3.26. The molecule has 0 saturated heterocycles. The second-order valence-electron chi connectivity index (χ2n) is 5.05. The van der Waals surface area contributed by atoms with Crippen molar-refractivity contribution < 1.29 is 26.7 Å². The molecule has 2 N–H and O–H groups in total. The van der Waals surface area contributed by atoms with Gasteiger partial charge in [-0.25, -0.2) is 17.2 Å². The highest BCUT2D eigenvalue weighted by atomic mass is 32.2. The zero-order chi connectivity index (χ0) is 18.6. The van der Waals surface area contributed by atoms with Crippen LogP contribution in [-0.4, -0.2) is 27.5 Å². The number of benzene rings is 2. The highest BCUT2D eigenvalue weighted by Gasteiger charge is 2.19. The minimum Gasteiger partial charge on any atom is -0.481 e. The van der Waals surface area contributed by atoms with Crippen molar-refractivity contribution in [1.29, 1.82) is 0 Å². The lowest BCUT2D eigenvalue weighted by atomic mass is 10.3. The fraction of sp³-hybridized carbons (Fsp3) is 0.188. The van der Waals surface area contributed by atoms with Crippen LogP contribution in [0.15, 0.2) is 47.4 Å². The SMILES string of the molecule is CNC(=O)[C@H](C)Oc1ccc(S(=O)(=O)Nc2c(F)cccc2F)cc1. The van der Waals surface area contributed by atoms with Crippen molar-refractivity contribution >= 4 is 21.6 Å². The number of hydrogen-bond donors (Lipinski definition) is 2. The molecule has 2 rings (SSSR count). The third-order valence-corrected chi connectivity index (χ3v) is 4.63. The lowest BCUT2D eigenvalue weighted by molar-refractivity contribution is -0.126. The van der Waals surface area contributed by atoms with E-state index in [9.17, 15) is 22.0 Å². The molecule has 0 aliphatic rings. The van der Waals surface area contributed by atoms with E-state index in [2.05, 4.69) is 5.32 Å². The van der Waals surface area contributed by atoms with Gasteiger partial charge in [0.2, 0.25) is 0 Å². The lowest BCUT2D eigenvalue weighted by Gasteiger charge is -2.14. The smallest absolute Gasteiger partial charge is 0.262 e. The van der Waals surface area contributed by atoms with Gasteiger partial charge in [-0.05, 0) is 43.3 Å². The summed E-state index contributed by atoms with van der Waals surface area (Å²) >= 11 is 0. The quantitative estimate of drug-likeness (QED) is 0.817. The molecule has 0 unspecified atom stereocenters. The molecule has 0 heterocycles. The predicted molar refractivity (Wildman–Crippen MR) is 87.8 cm³/mol. The minimum atomic E-state index is -4.19. The Hall–Kier alpha value is -2.68. The number of carbonyl (C=O) groups excluding carboxylic acids is 1. The average Bonchev–Trinajstić information content (AvgIpc) is 2.58. The van der Waals surface area contributed by atoms with Gasteiger partial charge in [0.05, 0.1) is 4.90 Å². The second kappa shape index (κ2) is 7.47. The zero-order valence-electron chi connectivity index (χ0n) is 13.4. The van der Waals surface area contributed by atoms with Crippen molar-refractivity contribution in [3.8, 4) is 5.75 Å². The largest absolute Gasteiger partial charge is 0.481 e. The van der Waals surface area contributed by atoms with Crippen LogP contribution in [0, 0.1) is 11.6 Å². The van der Waals surface area contributed by atoms with Gasteiger partial charge < -0.3 is 10.1 Å². The van der Waals surface area contributed by atoms with E-state index < -0.39 is 33.4 Å². The van der Waals surface area contributed by atoms with Crippen LogP contribution in [0.4, 0.5) is 14.5 Å². The number of hydrogen-bond acceptors (Lipinski definition) is 4. The molecule has 9 heteroatoms. The van der Waals surface area contributed by atoms with E-state index >= 15 is 0 Å². The van der Waals surface area contributed by atoms with Crippen LogP contribution in [0.3, 0.4) is 0 Å². The molecule has 25 heavy (non-hydrogen) atoms. The molecule has 0 aromatic heterocycles. The number of sulfonamides is 1. The Balaban J connectivity index is 2.19. The average molecular weight is 370 g/mol. The summed E-state index contributed by atoms with van der Waals surface area (Å²) in [5.74, 6) is -2.12. The first-order valence-corrected chi connectivity index (χ1v) is 8.68. The molecular formula is C16H16F2N2O4S. The van der Waals surface area contributed by atoms with Crippen LogP contribution in [0.1, 0.15) is 6.92 Å². The van der Waals surface area contributed by atoms with Crippen LogP contribution in [0.5, 0.6) is 5.75 Å². The van der Waals surface area contributed by atoms with Gasteiger partial charge in [-0.15, -0.1) is 0 Å². The van der Waals surface area contributed by atoms with Crippen LogP contribution >= 0.6 is 0 Å². The second-order valence-corrected chi connectivity index (χ2v) is 6.73. The summed E-state index contributed by atoms with van der Waals surface area (Å²) < 4.78 is 58.9. The minimum absolute atomic E-state index is 0.213. The van der Waals surface area contributed by atoms with E-state index in [1.165, 1.54) is 38.2 Å². The monoisotopic (exact) mass is 370 g/mol. The van der Waals surface area contributed by atoms with E-state index in [4.69, 9.17) is 4.74 Å². The maximum atomic E-state index is 13.6. The van der Waals surface area contributed by atoms with Gasteiger partial charge in [0.25, 0.3) is 15.9 Å². The highest BCUT2D eigenvalue weighted by molar-refractivity contribution is 7.92. The molecule has 0 aliphatic heterocycles. The Morgan fingerprint density at radius 2 is 1.64 bits per heavy atom. The first-order valence-electron chi connectivity index (χ1n) is 7.19. The van der Waals surface area contributed by atoms with E-state index in [0.717, 1.165) is 18.2 Å². The van der Waals surface area contributed by atoms with Crippen LogP contribution in [0.25, 0.3) is 0 Å². The number of halogens is 2. The van der Waals surface area contributed by atoms with Gasteiger partial charge in [0, 0.05) is 7.05 Å². The molecule has 0 bridgehead atoms. The van der Waals surface area contributed by atoms with Crippen molar-refractivity contribution in [2.45, 2.75) is 17.9 Å². The van der Waals surface area contributed by atoms with Crippen molar-refractivity contribution in [2.24, 2.45) is 0 Å². The molecule has 0 spiro atoms. The summed E-state index contributed by atoms with van der Waals surface area (Å²) in [6.07, 6.45) is -0.766. The molecular weight excluding hydrogens is 354 g/mol. The number of nitrogens with one attached hydrogen (secondary N) is 2. The Bertz CT molecular complexity index is 850. The molecule has 0 radical (unpaired) electrons. The van der Waals surface area contributed by atoms with Crippen LogP contribution in [-0.2, 0) is 14.8 Å². The summed E-state index contributed by atoms with van der Waals surface area (Å²) in [6, 6.07) is 8.09. The maximum absolute atomic E-state index is 13.6. The Kier molecular flexibility index (Phi) is 5.58. The molecule has 2 aromatic rings. The first kappa shape index (κ1) is 18.7. The highest BCUT2D eigenvalue weighted by Crippen LogP contribution is 2.23. The first-order chi connectivity index (χ1) is 11.7. The van der Waals surface area contributed by atoms with Gasteiger partial charge in [0.1, 0.15) is 23.1 Å². The summed E-state index contributed by atoms with van der Waals surface area (Å²) in [4.78, 5) is 11.2. The Morgan fingerprint density at radius 3 is 2.16 bits per heavy atom. The molecule has 2 aromatic carbocycles. The number of likely N-dealkylation sites (N-methyl/N-ethyl adjacent to an activating group) is 1. The van der Waals surface area contributed by atoms with Crippen LogP contribution in [0.2, 0.25) is 0 Å². The zero-order valence-corrected chi connectivity index (χ0v) is 14.2. The van der Waals surface area contributed by atoms with Crippen molar-refractivity contribution in [2.75, 3.05) is 11.8 Å². The number of rotatable bonds is 6. The van der Waals surface area contributed by atoms with E-state index in [1.807, 2.05) is 4.72 Å². The van der Waals surface area contributed by atoms with Gasteiger partial charge in [-0.1, -0.05) is 6.07 Å². The van der Waals surface area contributed by atoms with E-state index in [-0.39, 0.29) is 16.6 Å². The number of anilines is 1. The summed E-state index contributed by atoms with van der Waals surface area (Å²) in [5, 5.41) is 2.42. The molecule has 1 amide bonds.